The topological polar surface area (TPSA) is 68.5 Å². The molecule has 0 saturated carbocycles. The molecule has 1 aliphatic rings. The Hall–Kier alpha value is -2.78. The Balaban J connectivity index is 1.58. The van der Waals surface area contributed by atoms with Crippen LogP contribution in [0.15, 0.2) is 48.7 Å². The summed E-state index contributed by atoms with van der Waals surface area (Å²) in [6.45, 7) is 2.00. The van der Waals surface area contributed by atoms with Crippen LogP contribution in [-0.4, -0.2) is 40.1 Å². The molecule has 0 spiro atoms. The van der Waals surface area contributed by atoms with Gasteiger partial charge in [0.05, 0.1) is 18.8 Å². The molecule has 1 fully saturated rings. The predicted molar refractivity (Wildman–Crippen MR) is 112 cm³/mol. The van der Waals surface area contributed by atoms with E-state index < -0.39 is 17.7 Å². The molecular formula is C23H25F3N4O2. The van der Waals surface area contributed by atoms with Crippen LogP contribution in [0.2, 0.25) is 0 Å². The predicted octanol–water partition coefficient (Wildman–Crippen LogP) is 4.01. The zero-order chi connectivity index (χ0) is 22.6. The number of ketones is 1. The number of benzene rings is 1. The van der Waals surface area contributed by atoms with Gasteiger partial charge in [0.1, 0.15) is 11.6 Å². The van der Waals surface area contributed by atoms with Gasteiger partial charge in [0, 0.05) is 31.0 Å². The van der Waals surface area contributed by atoms with Gasteiger partial charge in [-0.15, -0.1) is 10.2 Å². The van der Waals surface area contributed by atoms with E-state index in [2.05, 4.69) is 15.5 Å². The third kappa shape index (κ3) is 5.34. The van der Waals surface area contributed by atoms with E-state index in [0.717, 1.165) is 37.2 Å². The second-order valence-electron chi connectivity index (χ2n) is 8.11. The summed E-state index contributed by atoms with van der Waals surface area (Å²) in [6, 6.07) is 11.8. The van der Waals surface area contributed by atoms with E-state index in [4.69, 9.17) is 4.74 Å². The van der Waals surface area contributed by atoms with Crippen molar-refractivity contribution in [1.29, 1.82) is 0 Å². The van der Waals surface area contributed by atoms with E-state index in [1.54, 1.807) is 0 Å². The summed E-state index contributed by atoms with van der Waals surface area (Å²) in [6.07, 6.45) is -1.63. The van der Waals surface area contributed by atoms with Crippen LogP contribution in [0.5, 0.6) is 0 Å². The van der Waals surface area contributed by atoms with E-state index >= 15 is 0 Å². The van der Waals surface area contributed by atoms with Gasteiger partial charge in [-0.1, -0.05) is 30.3 Å². The number of nitrogens with one attached hydrogen (secondary N) is 1. The summed E-state index contributed by atoms with van der Waals surface area (Å²) < 4.78 is 47.0. The van der Waals surface area contributed by atoms with Gasteiger partial charge in [0.2, 0.25) is 0 Å². The SMILES string of the molecule is O=C(C[C@H](COCc1ccccc1)c1nnc2ccc(C(F)(F)F)cn12)C1CCCNC1. The monoisotopic (exact) mass is 446 g/mol. The Morgan fingerprint density at radius 1 is 1.19 bits per heavy atom. The van der Waals surface area contributed by atoms with E-state index in [-0.39, 0.29) is 24.7 Å². The van der Waals surface area contributed by atoms with Crippen LogP contribution < -0.4 is 5.32 Å². The van der Waals surface area contributed by atoms with Gasteiger partial charge in [0.25, 0.3) is 0 Å². The van der Waals surface area contributed by atoms with Crippen molar-refractivity contribution in [1.82, 2.24) is 19.9 Å². The largest absolute Gasteiger partial charge is 0.417 e. The number of rotatable bonds is 8. The lowest BCUT2D eigenvalue weighted by Crippen LogP contribution is -2.35. The summed E-state index contributed by atoms with van der Waals surface area (Å²) >= 11 is 0. The Bertz CT molecular complexity index is 1050. The third-order valence-electron chi connectivity index (χ3n) is 5.75. The van der Waals surface area contributed by atoms with Crippen molar-refractivity contribution in [3.63, 3.8) is 0 Å². The Morgan fingerprint density at radius 3 is 2.72 bits per heavy atom. The van der Waals surface area contributed by atoms with Gasteiger partial charge in [0.15, 0.2) is 5.65 Å². The number of Topliss-reactive ketones (excluding diaryl/α,β-unsaturated/α-hetero) is 1. The molecule has 6 nitrogen and oxygen atoms in total. The van der Waals surface area contributed by atoms with Crippen LogP contribution in [0.3, 0.4) is 0 Å². The van der Waals surface area contributed by atoms with Crippen LogP contribution in [-0.2, 0) is 22.3 Å². The van der Waals surface area contributed by atoms with Crippen molar-refractivity contribution in [2.75, 3.05) is 19.7 Å². The number of hydrogen-bond donors (Lipinski definition) is 1. The van der Waals surface area contributed by atoms with Crippen molar-refractivity contribution in [3.05, 3.63) is 65.6 Å². The molecule has 3 heterocycles. The Labute approximate surface area is 183 Å². The molecule has 9 heteroatoms. The Kier molecular flexibility index (Phi) is 6.86. The summed E-state index contributed by atoms with van der Waals surface area (Å²) in [5.74, 6) is -0.248. The number of fused-ring (bicyclic) bond motifs is 1. The summed E-state index contributed by atoms with van der Waals surface area (Å²) in [5.41, 5.74) is 0.477. The zero-order valence-electron chi connectivity index (χ0n) is 17.5. The fourth-order valence-electron chi connectivity index (χ4n) is 4.01. The number of pyridine rings is 1. The molecule has 2 aromatic heterocycles. The molecule has 1 saturated heterocycles. The van der Waals surface area contributed by atoms with Crippen LogP contribution in [0, 0.1) is 5.92 Å². The molecule has 170 valence electrons. The minimum atomic E-state index is -4.49. The number of hydrogen-bond acceptors (Lipinski definition) is 5. The fourth-order valence-corrected chi connectivity index (χ4v) is 4.01. The zero-order valence-corrected chi connectivity index (χ0v) is 17.5. The number of ether oxygens (including phenoxy) is 1. The molecule has 1 aromatic carbocycles. The van der Waals surface area contributed by atoms with Crippen molar-refractivity contribution in [2.45, 2.75) is 38.0 Å². The first-order valence-electron chi connectivity index (χ1n) is 10.7. The maximum absolute atomic E-state index is 13.3. The maximum Gasteiger partial charge on any atom is 0.417 e. The molecule has 1 aliphatic heterocycles. The molecule has 0 aliphatic carbocycles. The maximum atomic E-state index is 13.3. The van der Waals surface area contributed by atoms with Gasteiger partial charge < -0.3 is 10.1 Å². The second kappa shape index (κ2) is 9.79. The fraction of sp³-hybridized carbons (Fsp3) is 0.435. The lowest BCUT2D eigenvalue weighted by atomic mass is 9.89. The van der Waals surface area contributed by atoms with E-state index in [1.807, 2.05) is 30.3 Å². The van der Waals surface area contributed by atoms with Crippen molar-refractivity contribution in [3.8, 4) is 0 Å². The highest BCUT2D eigenvalue weighted by molar-refractivity contribution is 5.82. The molecule has 4 rings (SSSR count). The lowest BCUT2D eigenvalue weighted by molar-refractivity contribution is -0.137. The third-order valence-corrected chi connectivity index (χ3v) is 5.75. The minimum absolute atomic E-state index is 0.0641. The van der Waals surface area contributed by atoms with Crippen molar-refractivity contribution in [2.24, 2.45) is 5.92 Å². The van der Waals surface area contributed by atoms with Gasteiger partial charge >= 0.3 is 6.18 Å². The van der Waals surface area contributed by atoms with Gasteiger partial charge in [-0.2, -0.15) is 13.2 Å². The van der Waals surface area contributed by atoms with Gasteiger partial charge in [-0.05, 0) is 37.1 Å². The molecule has 1 unspecified atom stereocenters. The minimum Gasteiger partial charge on any atom is -0.376 e. The first-order chi connectivity index (χ1) is 15.4. The highest BCUT2D eigenvalue weighted by Crippen LogP contribution is 2.31. The number of nitrogens with zero attached hydrogens (tertiary/aromatic N) is 3. The van der Waals surface area contributed by atoms with Crippen molar-refractivity contribution >= 4 is 11.4 Å². The highest BCUT2D eigenvalue weighted by atomic mass is 19.4. The molecule has 0 radical (unpaired) electrons. The molecule has 1 N–H and O–H groups in total. The van der Waals surface area contributed by atoms with Crippen LogP contribution in [0.1, 0.15) is 42.1 Å². The number of carbonyl (C=O) groups is 1. The summed E-state index contributed by atoms with van der Waals surface area (Å²) in [4.78, 5) is 13.0. The van der Waals surface area contributed by atoms with E-state index in [0.29, 0.717) is 24.6 Å². The number of alkyl halides is 3. The highest BCUT2D eigenvalue weighted by Gasteiger charge is 2.32. The first-order valence-corrected chi connectivity index (χ1v) is 10.7. The normalized spacial score (nSPS) is 18.0. The second-order valence-corrected chi connectivity index (χ2v) is 8.11. The number of piperidine rings is 1. The molecule has 0 amide bonds. The molecule has 2 atom stereocenters. The van der Waals surface area contributed by atoms with E-state index in [1.165, 1.54) is 10.5 Å². The number of halogens is 3. The van der Waals surface area contributed by atoms with Crippen LogP contribution in [0.25, 0.3) is 5.65 Å². The summed E-state index contributed by atoms with van der Waals surface area (Å²) in [7, 11) is 0. The van der Waals surface area contributed by atoms with Crippen molar-refractivity contribution < 1.29 is 22.7 Å². The standard InChI is InChI=1S/C23H25F3N4O2/c24-23(25,26)19-8-9-21-28-29-22(30(21)13-19)18(11-20(31)17-7-4-10-27-12-17)15-32-14-16-5-2-1-3-6-16/h1-3,5-6,8-9,13,17-18,27H,4,7,10-12,14-15H2/t17?,18-/m1/s1. The molecule has 32 heavy (non-hydrogen) atoms. The van der Waals surface area contributed by atoms with E-state index in [9.17, 15) is 18.0 Å². The lowest BCUT2D eigenvalue weighted by Gasteiger charge is -2.23. The molecule has 3 aromatic rings. The number of carbonyl (C=O) groups excluding carboxylic acids is 1. The molecular weight excluding hydrogens is 421 g/mol. The summed E-state index contributed by atoms with van der Waals surface area (Å²) in [5, 5.41) is 11.4. The average molecular weight is 446 g/mol. The van der Waals surface area contributed by atoms with Gasteiger partial charge in [-0.25, -0.2) is 0 Å². The van der Waals surface area contributed by atoms with Gasteiger partial charge in [-0.3, -0.25) is 9.20 Å². The van der Waals surface area contributed by atoms with Crippen LogP contribution in [0.4, 0.5) is 13.2 Å². The molecule has 0 bridgehead atoms. The average Bonchev–Trinajstić information content (AvgIpc) is 3.22. The smallest absolute Gasteiger partial charge is 0.376 e. The first kappa shape index (κ1) is 22.4. The quantitative estimate of drug-likeness (QED) is 0.566. The Morgan fingerprint density at radius 2 is 2.00 bits per heavy atom. The number of aromatic nitrogens is 3. The van der Waals surface area contributed by atoms with Crippen LogP contribution >= 0.6 is 0 Å².